The summed E-state index contributed by atoms with van der Waals surface area (Å²) in [5.41, 5.74) is 8.50. The van der Waals surface area contributed by atoms with Gasteiger partial charge in [0.15, 0.2) is 0 Å². The van der Waals surface area contributed by atoms with Gasteiger partial charge in [0.1, 0.15) is 0 Å². The predicted octanol–water partition coefficient (Wildman–Crippen LogP) is 3.84. The van der Waals surface area contributed by atoms with Gasteiger partial charge < -0.3 is 10.6 Å². The van der Waals surface area contributed by atoms with Gasteiger partial charge in [-0.3, -0.25) is 0 Å². The summed E-state index contributed by atoms with van der Waals surface area (Å²) in [6.07, 6.45) is 2.08. The monoisotopic (exact) mass is 274 g/mol. The molecule has 2 aromatic rings. The van der Waals surface area contributed by atoms with Crippen LogP contribution in [0.15, 0.2) is 41.8 Å². The maximum absolute atomic E-state index is 6.03. The molecule has 0 fully saturated rings. The average molecular weight is 274 g/mol. The normalized spacial score (nSPS) is 12.4. The van der Waals surface area contributed by atoms with Gasteiger partial charge in [-0.15, -0.1) is 11.3 Å². The lowest BCUT2D eigenvalue weighted by Gasteiger charge is -2.20. The Morgan fingerprint density at radius 2 is 1.95 bits per heavy atom. The molecule has 1 heterocycles. The number of hydrogen-bond donors (Lipinski definition) is 1. The Kier molecular flexibility index (Phi) is 5.00. The number of anilines is 1. The van der Waals surface area contributed by atoms with E-state index < -0.39 is 0 Å². The molecule has 1 aromatic carbocycles. The zero-order chi connectivity index (χ0) is 13.7. The quantitative estimate of drug-likeness (QED) is 0.867. The van der Waals surface area contributed by atoms with E-state index in [1.54, 1.807) is 0 Å². The van der Waals surface area contributed by atoms with Crippen molar-refractivity contribution in [1.82, 2.24) is 0 Å². The number of nitrogens with zero attached hydrogens (tertiary/aromatic N) is 1. The third-order valence-electron chi connectivity index (χ3n) is 3.48. The Labute approximate surface area is 119 Å². The van der Waals surface area contributed by atoms with Crippen LogP contribution in [-0.4, -0.2) is 13.6 Å². The maximum Gasteiger partial charge on any atom is 0.0363 e. The van der Waals surface area contributed by atoms with Crippen molar-refractivity contribution in [1.29, 1.82) is 0 Å². The van der Waals surface area contributed by atoms with Crippen molar-refractivity contribution in [2.75, 3.05) is 18.5 Å². The highest BCUT2D eigenvalue weighted by atomic mass is 32.1. The lowest BCUT2D eigenvalue weighted by molar-refractivity contribution is 0.698. The highest BCUT2D eigenvalue weighted by Gasteiger charge is 2.05. The summed E-state index contributed by atoms with van der Waals surface area (Å²) in [4.78, 5) is 3.73. The molecule has 0 saturated carbocycles. The smallest absolute Gasteiger partial charge is 0.0363 e. The molecule has 0 spiro atoms. The number of nitrogens with two attached hydrogens (primary N) is 1. The van der Waals surface area contributed by atoms with E-state index in [9.17, 15) is 0 Å². The van der Waals surface area contributed by atoms with Crippen molar-refractivity contribution in [3.8, 4) is 0 Å². The van der Waals surface area contributed by atoms with E-state index in [-0.39, 0.29) is 6.04 Å². The minimum absolute atomic E-state index is 0.158. The van der Waals surface area contributed by atoms with Crippen molar-refractivity contribution in [3.05, 3.63) is 52.2 Å². The molecule has 0 unspecified atom stereocenters. The van der Waals surface area contributed by atoms with Crippen molar-refractivity contribution in [2.45, 2.75) is 25.8 Å². The van der Waals surface area contributed by atoms with E-state index in [1.807, 2.05) is 11.3 Å². The van der Waals surface area contributed by atoms with E-state index >= 15 is 0 Å². The molecular formula is C16H22N2S. The van der Waals surface area contributed by atoms with Gasteiger partial charge in [-0.1, -0.05) is 25.1 Å². The van der Waals surface area contributed by atoms with Crippen LogP contribution in [-0.2, 0) is 6.42 Å². The summed E-state index contributed by atoms with van der Waals surface area (Å²) >= 11 is 1.83. The fraction of sp³-hybridized carbons (Fsp3) is 0.375. The first-order chi connectivity index (χ1) is 9.20. The number of likely N-dealkylation sites (N-methyl/N-ethyl adjacent to an activating group) is 1. The van der Waals surface area contributed by atoms with Crippen LogP contribution in [0, 0.1) is 0 Å². The van der Waals surface area contributed by atoms with E-state index in [2.05, 4.69) is 60.6 Å². The zero-order valence-electron chi connectivity index (χ0n) is 11.7. The second-order valence-corrected chi connectivity index (χ2v) is 5.89. The lowest BCUT2D eigenvalue weighted by Crippen LogP contribution is -2.20. The van der Waals surface area contributed by atoms with Crippen molar-refractivity contribution >= 4 is 17.0 Å². The number of benzene rings is 1. The molecule has 0 radical (unpaired) electrons. The maximum atomic E-state index is 6.03. The predicted molar refractivity (Wildman–Crippen MR) is 85.0 cm³/mol. The molecular weight excluding hydrogens is 252 g/mol. The molecule has 2 nitrogen and oxygen atoms in total. The molecule has 0 amide bonds. The van der Waals surface area contributed by atoms with Gasteiger partial charge in [-0.2, -0.15) is 0 Å². The largest absolute Gasteiger partial charge is 0.374 e. The number of hydrogen-bond acceptors (Lipinski definition) is 3. The lowest BCUT2D eigenvalue weighted by atomic mass is 10.1. The SMILES string of the molecule is CC[C@@H](N)c1ccc(N(C)CCc2cccs2)cc1. The molecule has 102 valence electrons. The van der Waals surface area contributed by atoms with Gasteiger partial charge >= 0.3 is 0 Å². The molecule has 2 N–H and O–H groups in total. The first-order valence-electron chi connectivity index (χ1n) is 6.79. The average Bonchev–Trinajstić information content (AvgIpc) is 2.97. The summed E-state index contributed by atoms with van der Waals surface area (Å²) in [6.45, 7) is 3.16. The second kappa shape index (κ2) is 6.73. The highest BCUT2D eigenvalue weighted by Crippen LogP contribution is 2.19. The van der Waals surface area contributed by atoms with Crippen molar-refractivity contribution < 1.29 is 0 Å². The fourth-order valence-corrected chi connectivity index (χ4v) is 2.77. The Morgan fingerprint density at radius 3 is 2.53 bits per heavy atom. The molecule has 0 saturated heterocycles. The molecule has 0 aliphatic carbocycles. The molecule has 0 bridgehead atoms. The Morgan fingerprint density at radius 1 is 1.21 bits per heavy atom. The minimum atomic E-state index is 0.158. The topological polar surface area (TPSA) is 29.3 Å². The molecule has 1 atom stereocenters. The summed E-state index contributed by atoms with van der Waals surface area (Å²) in [5, 5.41) is 2.14. The number of thiophene rings is 1. The van der Waals surface area contributed by atoms with Crippen molar-refractivity contribution in [2.24, 2.45) is 5.73 Å². The van der Waals surface area contributed by atoms with Crippen LogP contribution < -0.4 is 10.6 Å². The van der Waals surface area contributed by atoms with Crippen molar-refractivity contribution in [3.63, 3.8) is 0 Å². The van der Waals surface area contributed by atoms with E-state index in [0.29, 0.717) is 0 Å². The minimum Gasteiger partial charge on any atom is -0.374 e. The first-order valence-corrected chi connectivity index (χ1v) is 7.67. The highest BCUT2D eigenvalue weighted by molar-refractivity contribution is 7.09. The van der Waals surface area contributed by atoms with Crippen LogP contribution in [0.4, 0.5) is 5.69 Å². The molecule has 3 heteroatoms. The van der Waals surface area contributed by atoms with Gasteiger partial charge in [0.05, 0.1) is 0 Å². The molecule has 1 aromatic heterocycles. The van der Waals surface area contributed by atoms with Crippen LogP contribution in [0.3, 0.4) is 0 Å². The van der Waals surface area contributed by atoms with Crippen LogP contribution in [0.1, 0.15) is 29.8 Å². The Balaban J connectivity index is 1.93. The van der Waals surface area contributed by atoms with Gasteiger partial charge in [0, 0.05) is 30.2 Å². The molecule has 2 rings (SSSR count). The Bertz CT molecular complexity index is 476. The Hall–Kier alpha value is -1.32. The van der Waals surface area contributed by atoms with Gasteiger partial charge in [-0.25, -0.2) is 0 Å². The third kappa shape index (κ3) is 3.82. The fourth-order valence-electron chi connectivity index (χ4n) is 2.07. The standard InChI is InChI=1S/C16H22N2S/c1-3-16(17)13-6-8-14(9-7-13)18(2)11-10-15-5-4-12-19-15/h4-9,12,16H,3,10-11,17H2,1-2H3/t16-/m1/s1. The number of rotatable bonds is 6. The second-order valence-electron chi connectivity index (χ2n) is 4.86. The zero-order valence-corrected chi connectivity index (χ0v) is 12.5. The van der Waals surface area contributed by atoms with Crippen LogP contribution >= 0.6 is 11.3 Å². The first kappa shape index (κ1) is 14.1. The third-order valence-corrected chi connectivity index (χ3v) is 4.41. The van der Waals surface area contributed by atoms with E-state index in [4.69, 9.17) is 5.73 Å². The summed E-state index contributed by atoms with van der Waals surface area (Å²) in [7, 11) is 2.14. The summed E-state index contributed by atoms with van der Waals surface area (Å²) in [6, 6.07) is 13.1. The van der Waals surface area contributed by atoms with Crippen LogP contribution in [0.2, 0.25) is 0 Å². The molecule has 0 aliphatic rings. The van der Waals surface area contributed by atoms with Gasteiger partial charge in [-0.05, 0) is 42.0 Å². The van der Waals surface area contributed by atoms with E-state index in [0.717, 1.165) is 19.4 Å². The van der Waals surface area contributed by atoms with Gasteiger partial charge in [0.2, 0.25) is 0 Å². The van der Waals surface area contributed by atoms with Crippen LogP contribution in [0.25, 0.3) is 0 Å². The van der Waals surface area contributed by atoms with Crippen LogP contribution in [0.5, 0.6) is 0 Å². The molecule has 0 aliphatic heterocycles. The summed E-state index contributed by atoms with van der Waals surface area (Å²) < 4.78 is 0. The summed E-state index contributed by atoms with van der Waals surface area (Å²) in [5.74, 6) is 0. The van der Waals surface area contributed by atoms with E-state index in [1.165, 1.54) is 16.1 Å². The molecule has 19 heavy (non-hydrogen) atoms. The van der Waals surface area contributed by atoms with Gasteiger partial charge in [0.25, 0.3) is 0 Å².